The number of alkyl halides is 4. The third-order valence-corrected chi connectivity index (χ3v) is 0.667. The molecular weight excluding hydrogens is 189 g/mol. The highest BCUT2D eigenvalue weighted by atomic mass is 79.9. The molecule has 0 bridgehead atoms. The van der Waals surface area contributed by atoms with Gasteiger partial charge < -0.3 is 0 Å². The molecule has 0 atom stereocenters. The van der Waals surface area contributed by atoms with E-state index in [1.165, 1.54) is 0 Å². The maximum Gasteiger partial charge on any atom is 0.522 e. The van der Waals surface area contributed by atoms with Crippen molar-refractivity contribution in [3.05, 3.63) is 0 Å². The maximum atomic E-state index is 11.0. The summed E-state index contributed by atoms with van der Waals surface area (Å²) in [5.74, 6) is 0. The number of hydrogen-bond acceptors (Lipinski definition) is 1. The van der Waals surface area contributed by atoms with E-state index in [-0.39, 0.29) is 11.9 Å². The van der Waals surface area contributed by atoms with Gasteiger partial charge in [-0.3, -0.25) is 4.74 Å². The molecule has 0 rings (SSSR count). The topological polar surface area (TPSA) is 9.23 Å². The van der Waals surface area contributed by atoms with Gasteiger partial charge in [0.25, 0.3) is 0 Å². The van der Waals surface area contributed by atoms with Crippen molar-refractivity contribution in [1.82, 2.24) is 0 Å². The first-order valence-electron chi connectivity index (χ1n) is 1.83. The average molecular weight is 193 g/mol. The first kappa shape index (κ1) is 8.23. The fourth-order valence-corrected chi connectivity index (χ4v) is 0.316. The van der Waals surface area contributed by atoms with Crippen LogP contribution in [-0.2, 0) is 4.74 Å². The van der Waals surface area contributed by atoms with Gasteiger partial charge in [-0.25, -0.2) is 0 Å². The van der Waals surface area contributed by atoms with Gasteiger partial charge in [0.15, 0.2) is 0 Å². The molecule has 8 heavy (non-hydrogen) atoms. The SMILES string of the molecule is FC(F)(F)OCCBr. The molecule has 0 spiro atoms. The molecule has 0 saturated carbocycles. The van der Waals surface area contributed by atoms with E-state index < -0.39 is 6.36 Å². The lowest BCUT2D eigenvalue weighted by atomic mass is 10.9. The zero-order chi connectivity index (χ0) is 6.62. The lowest BCUT2D eigenvalue weighted by molar-refractivity contribution is -0.321. The summed E-state index contributed by atoms with van der Waals surface area (Å²) in [5, 5.41) is 0.201. The third kappa shape index (κ3) is 6.23. The number of rotatable bonds is 2. The van der Waals surface area contributed by atoms with Gasteiger partial charge in [0, 0.05) is 5.33 Å². The summed E-state index contributed by atoms with van der Waals surface area (Å²) < 4.78 is 36.3. The van der Waals surface area contributed by atoms with Gasteiger partial charge in [0.2, 0.25) is 0 Å². The lowest BCUT2D eigenvalue weighted by Gasteiger charge is -2.03. The highest BCUT2D eigenvalue weighted by Crippen LogP contribution is 2.15. The molecule has 0 saturated heterocycles. The minimum atomic E-state index is -4.48. The van der Waals surface area contributed by atoms with Crippen LogP contribution in [0.15, 0.2) is 0 Å². The van der Waals surface area contributed by atoms with E-state index in [0.717, 1.165) is 0 Å². The Morgan fingerprint density at radius 1 is 1.38 bits per heavy atom. The second-order valence-corrected chi connectivity index (χ2v) is 1.78. The Morgan fingerprint density at radius 2 is 1.88 bits per heavy atom. The van der Waals surface area contributed by atoms with Crippen molar-refractivity contribution >= 4 is 15.9 Å². The summed E-state index contributed by atoms with van der Waals surface area (Å²) in [6.07, 6.45) is -4.48. The van der Waals surface area contributed by atoms with Crippen molar-refractivity contribution < 1.29 is 17.9 Å². The Labute approximate surface area is 52.9 Å². The summed E-state index contributed by atoms with van der Waals surface area (Å²) >= 11 is 2.78. The van der Waals surface area contributed by atoms with Crippen LogP contribution in [0.1, 0.15) is 0 Å². The Hall–Kier alpha value is 0.230. The quantitative estimate of drug-likeness (QED) is 0.608. The molecule has 0 aromatic heterocycles. The second-order valence-electron chi connectivity index (χ2n) is 0.983. The van der Waals surface area contributed by atoms with Crippen molar-refractivity contribution in [2.24, 2.45) is 0 Å². The van der Waals surface area contributed by atoms with Gasteiger partial charge in [-0.05, 0) is 0 Å². The maximum absolute atomic E-state index is 11.0. The van der Waals surface area contributed by atoms with Crippen LogP contribution in [0.3, 0.4) is 0 Å². The van der Waals surface area contributed by atoms with E-state index in [1.54, 1.807) is 0 Å². The highest BCUT2D eigenvalue weighted by molar-refractivity contribution is 9.09. The molecule has 0 aromatic carbocycles. The van der Waals surface area contributed by atoms with E-state index >= 15 is 0 Å². The molecule has 0 amide bonds. The van der Waals surface area contributed by atoms with Crippen LogP contribution in [-0.4, -0.2) is 18.3 Å². The van der Waals surface area contributed by atoms with E-state index in [9.17, 15) is 13.2 Å². The molecule has 50 valence electrons. The standard InChI is InChI=1S/C3H4BrF3O/c4-1-2-8-3(5,6)7/h1-2H2. The smallest absolute Gasteiger partial charge is 0.291 e. The fraction of sp³-hybridized carbons (Fsp3) is 1.00. The van der Waals surface area contributed by atoms with Crippen molar-refractivity contribution in [3.63, 3.8) is 0 Å². The van der Waals surface area contributed by atoms with E-state index in [1.807, 2.05) is 0 Å². The molecule has 0 aliphatic carbocycles. The van der Waals surface area contributed by atoms with Gasteiger partial charge >= 0.3 is 6.36 Å². The molecule has 0 heterocycles. The van der Waals surface area contributed by atoms with Crippen molar-refractivity contribution in [2.45, 2.75) is 6.36 Å². The number of halogens is 4. The summed E-state index contributed by atoms with van der Waals surface area (Å²) in [6, 6.07) is 0. The largest absolute Gasteiger partial charge is 0.522 e. The van der Waals surface area contributed by atoms with Gasteiger partial charge in [0.1, 0.15) is 0 Å². The predicted octanol–water partition coefficient (Wildman–Crippen LogP) is 1.92. The Kier molecular flexibility index (Phi) is 3.39. The van der Waals surface area contributed by atoms with Crippen LogP contribution in [0.25, 0.3) is 0 Å². The molecule has 0 unspecified atom stereocenters. The zero-order valence-electron chi connectivity index (χ0n) is 3.83. The molecule has 1 nitrogen and oxygen atoms in total. The van der Waals surface area contributed by atoms with Crippen LogP contribution in [0.4, 0.5) is 13.2 Å². The summed E-state index contributed by atoms with van der Waals surface area (Å²) in [7, 11) is 0. The van der Waals surface area contributed by atoms with Gasteiger partial charge in [-0.15, -0.1) is 13.2 Å². The average Bonchev–Trinajstić information content (AvgIpc) is 1.59. The van der Waals surface area contributed by atoms with Crippen molar-refractivity contribution in [2.75, 3.05) is 11.9 Å². The number of hydrogen-bond donors (Lipinski definition) is 0. The molecule has 0 N–H and O–H groups in total. The zero-order valence-corrected chi connectivity index (χ0v) is 5.42. The monoisotopic (exact) mass is 192 g/mol. The van der Waals surface area contributed by atoms with Crippen LogP contribution in [0.2, 0.25) is 0 Å². The Balaban J connectivity index is 3.11. The Morgan fingerprint density at radius 3 is 2.00 bits per heavy atom. The Bertz CT molecular complexity index is 62.0. The second kappa shape index (κ2) is 3.29. The van der Waals surface area contributed by atoms with Gasteiger partial charge in [-0.1, -0.05) is 15.9 Å². The van der Waals surface area contributed by atoms with Crippen LogP contribution in [0, 0.1) is 0 Å². The lowest BCUT2D eigenvalue weighted by Crippen LogP contribution is -2.14. The van der Waals surface area contributed by atoms with E-state index in [4.69, 9.17) is 0 Å². The van der Waals surface area contributed by atoms with E-state index in [2.05, 4.69) is 20.7 Å². The minimum Gasteiger partial charge on any atom is -0.291 e. The van der Waals surface area contributed by atoms with Crippen molar-refractivity contribution in [3.8, 4) is 0 Å². The normalized spacial score (nSPS) is 12.0. The molecule has 0 radical (unpaired) electrons. The molecule has 0 aliphatic heterocycles. The van der Waals surface area contributed by atoms with Crippen LogP contribution < -0.4 is 0 Å². The van der Waals surface area contributed by atoms with Gasteiger partial charge in [0.05, 0.1) is 6.61 Å². The van der Waals surface area contributed by atoms with E-state index in [0.29, 0.717) is 0 Å². The summed E-state index contributed by atoms with van der Waals surface area (Å²) in [4.78, 5) is 0. The first-order chi connectivity index (χ1) is 3.56. The molecule has 0 fully saturated rings. The molecule has 5 heteroatoms. The summed E-state index contributed by atoms with van der Waals surface area (Å²) in [5.41, 5.74) is 0. The fourth-order valence-electron chi connectivity index (χ4n) is 0.154. The van der Waals surface area contributed by atoms with Gasteiger partial charge in [-0.2, -0.15) is 0 Å². The molecular formula is C3H4BrF3O. The molecule has 0 aromatic rings. The van der Waals surface area contributed by atoms with Crippen molar-refractivity contribution in [1.29, 1.82) is 0 Å². The van der Waals surface area contributed by atoms with Crippen LogP contribution in [0.5, 0.6) is 0 Å². The highest BCUT2D eigenvalue weighted by Gasteiger charge is 2.28. The third-order valence-electron chi connectivity index (χ3n) is 0.343. The predicted molar refractivity (Wildman–Crippen MR) is 25.8 cm³/mol. The summed E-state index contributed by atoms with van der Waals surface area (Å²) in [6.45, 7) is -0.330. The number of ether oxygens (including phenoxy) is 1. The van der Waals surface area contributed by atoms with Crippen LogP contribution >= 0.6 is 15.9 Å². The minimum absolute atomic E-state index is 0.201. The first-order valence-corrected chi connectivity index (χ1v) is 2.95. The molecule has 0 aliphatic rings.